The number of amides is 2. The molecule has 0 saturated carbocycles. The number of carbonyl (C=O) groups is 2. The number of carboxylic acid groups (broad SMARTS) is 1. The Bertz CT molecular complexity index is 724. The molecule has 2 amide bonds. The number of primary amides is 1. The molecule has 0 atom stereocenters. The highest BCUT2D eigenvalue weighted by Gasteiger charge is 2.12. The van der Waals surface area contributed by atoms with Gasteiger partial charge in [0.15, 0.2) is 0 Å². The lowest BCUT2D eigenvalue weighted by Crippen LogP contribution is -2.24. The number of furan rings is 1. The molecule has 8 heteroatoms. The maximum atomic E-state index is 11.0. The van der Waals surface area contributed by atoms with E-state index in [0.29, 0.717) is 22.1 Å². The third-order valence-corrected chi connectivity index (χ3v) is 2.80. The van der Waals surface area contributed by atoms with E-state index in [1.165, 1.54) is 24.4 Å². The number of nitrogens with one attached hydrogen (secondary N) is 1. The maximum absolute atomic E-state index is 11.0. The average molecular weight is 308 g/mol. The highest BCUT2D eigenvalue weighted by atomic mass is 35.5. The first-order valence-corrected chi connectivity index (χ1v) is 6.06. The Morgan fingerprint density at radius 2 is 2.10 bits per heavy atom. The molecule has 108 valence electrons. The summed E-state index contributed by atoms with van der Waals surface area (Å²) in [6, 6.07) is 6.69. The zero-order valence-corrected chi connectivity index (χ0v) is 11.3. The fourth-order valence-electron chi connectivity index (χ4n) is 1.57. The van der Waals surface area contributed by atoms with Gasteiger partial charge >= 0.3 is 12.0 Å². The molecule has 7 nitrogen and oxygen atoms in total. The van der Waals surface area contributed by atoms with E-state index in [-0.39, 0.29) is 5.56 Å². The van der Waals surface area contributed by atoms with E-state index >= 15 is 0 Å². The summed E-state index contributed by atoms with van der Waals surface area (Å²) >= 11 is 6.03. The van der Waals surface area contributed by atoms with Crippen LogP contribution >= 0.6 is 11.6 Å². The standard InChI is InChI=1S/C13H10ClN3O4/c14-10-3-1-7(12(18)19)5-9(10)11-4-2-8(21-11)6-16-17-13(15)20/h1-6H,(H,18,19)(H3,15,17,20)/b16-6-. The van der Waals surface area contributed by atoms with Gasteiger partial charge in [-0.05, 0) is 30.3 Å². The van der Waals surface area contributed by atoms with E-state index in [1.807, 2.05) is 5.43 Å². The molecule has 1 aromatic carbocycles. The molecule has 0 saturated heterocycles. The number of hydrazone groups is 1. The summed E-state index contributed by atoms with van der Waals surface area (Å²) in [6.07, 6.45) is 1.25. The third-order valence-electron chi connectivity index (χ3n) is 2.47. The average Bonchev–Trinajstić information content (AvgIpc) is 2.87. The largest absolute Gasteiger partial charge is 0.478 e. The molecule has 2 rings (SSSR count). The normalized spacial score (nSPS) is 10.7. The summed E-state index contributed by atoms with van der Waals surface area (Å²) in [5.74, 6) is -0.342. The number of hydrogen-bond acceptors (Lipinski definition) is 4. The first-order valence-electron chi connectivity index (χ1n) is 5.69. The molecular formula is C13H10ClN3O4. The fraction of sp³-hybridized carbons (Fsp3) is 0. The van der Waals surface area contributed by atoms with Gasteiger partial charge in [0.1, 0.15) is 11.5 Å². The predicted molar refractivity (Wildman–Crippen MR) is 76.4 cm³/mol. The number of benzene rings is 1. The Balaban J connectivity index is 2.29. The van der Waals surface area contributed by atoms with Crippen LogP contribution in [0.15, 0.2) is 39.9 Å². The van der Waals surface area contributed by atoms with Crippen LogP contribution in [0, 0.1) is 0 Å². The van der Waals surface area contributed by atoms with Gasteiger partial charge in [-0.25, -0.2) is 15.0 Å². The maximum Gasteiger partial charge on any atom is 0.335 e. The number of halogens is 1. The van der Waals surface area contributed by atoms with Crippen molar-refractivity contribution >= 4 is 29.8 Å². The summed E-state index contributed by atoms with van der Waals surface area (Å²) in [4.78, 5) is 21.4. The Morgan fingerprint density at radius 1 is 1.33 bits per heavy atom. The molecule has 0 aliphatic heterocycles. The third kappa shape index (κ3) is 3.61. The molecular weight excluding hydrogens is 298 g/mol. The lowest BCUT2D eigenvalue weighted by atomic mass is 10.1. The highest BCUT2D eigenvalue weighted by molar-refractivity contribution is 6.33. The number of rotatable bonds is 4. The fourth-order valence-corrected chi connectivity index (χ4v) is 1.78. The Kier molecular flexibility index (Phi) is 4.24. The zero-order chi connectivity index (χ0) is 15.4. The van der Waals surface area contributed by atoms with Crippen LogP contribution in [0.3, 0.4) is 0 Å². The van der Waals surface area contributed by atoms with Crippen molar-refractivity contribution in [1.82, 2.24) is 5.43 Å². The summed E-state index contributed by atoms with van der Waals surface area (Å²) in [7, 11) is 0. The van der Waals surface area contributed by atoms with Gasteiger partial charge in [-0.2, -0.15) is 5.10 Å². The van der Waals surface area contributed by atoms with Gasteiger partial charge in [-0.3, -0.25) is 0 Å². The second kappa shape index (κ2) is 6.10. The van der Waals surface area contributed by atoms with Gasteiger partial charge in [0.25, 0.3) is 0 Å². The molecule has 0 aliphatic carbocycles. The second-order valence-electron chi connectivity index (χ2n) is 3.94. The molecule has 0 unspecified atom stereocenters. The van der Waals surface area contributed by atoms with Crippen molar-refractivity contribution in [2.45, 2.75) is 0 Å². The van der Waals surface area contributed by atoms with Gasteiger partial charge in [0.2, 0.25) is 0 Å². The minimum absolute atomic E-state index is 0.0939. The second-order valence-corrected chi connectivity index (χ2v) is 4.34. The van der Waals surface area contributed by atoms with Crippen LogP contribution in [-0.4, -0.2) is 23.3 Å². The molecule has 1 heterocycles. The van der Waals surface area contributed by atoms with Crippen LogP contribution in [-0.2, 0) is 0 Å². The molecule has 2 aromatic rings. The lowest BCUT2D eigenvalue weighted by molar-refractivity contribution is 0.0697. The Morgan fingerprint density at radius 3 is 2.76 bits per heavy atom. The SMILES string of the molecule is NC(=O)N/N=C\c1ccc(-c2cc(C(=O)O)ccc2Cl)o1. The molecule has 0 radical (unpaired) electrons. The smallest absolute Gasteiger partial charge is 0.335 e. The monoisotopic (exact) mass is 307 g/mol. The van der Waals surface area contributed by atoms with Crippen molar-refractivity contribution in [2.75, 3.05) is 0 Å². The first kappa shape index (κ1) is 14.6. The Hall–Kier alpha value is -2.80. The van der Waals surface area contributed by atoms with Gasteiger partial charge in [0, 0.05) is 5.56 Å². The minimum atomic E-state index is -1.06. The number of nitrogens with two attached hydrogens (primary N) is 1. The van der Waals surface area contributed by atoms with Crippen LogP contribution in [0.4, 0.5) is 4.79 Å². The summed E-state index contributed by atoms with van der Waals surface area (Å²) in [5, 5.41) is 12.9. The minimum Gasteiger partial charge on any atom is -0.478 e. The van der Waals surface area contributed by atoms with E-state index in [9.17, 15) is 9.59 Å². The van der Waals surface area contributed by atoms with E-state index in [2.05, 4.69) is 5.10 Å². The number of aromatic carboxylic acids is 1. The number of hydrogen-bond donors (Lipinski definition) is 3. The van der Waals surface area contributed by atoms with E-state index in [0.717, 1.165) is 0 Å². The topological polar surface area (TPSA) is 118 Å². The number of urea groups is 1. The Labute approximate surface area is 124 Å². The highest BCUT2D eigenvalue weighted by Crippen LogP contribution is 2.30. The van der Waals surface area contributed by atoms with Crippen LogP contribution in [0.2, 0.25) is 5.02 Å². The molecule has 21 heavy (non-hydrogen) atoms. The summed E-state index contributed by atoms with van der Waals surface area (Å²) < 4.78 is 5.45. The van der Waals surface area contributed by atoms with Crippen molar-refractivity contribution in [3.8, 4) is 11.3 Å². The van der Waals surface area contributed by atoms with Crippen molar-refractivity contribution in [3.63, 3.8) is 0 Å². The number of nitrogens with zero attached hydrogens (tertiary/aromatic N) is 1. The molecule has 4 N–H and O–H groups in total. The van der Waals surface area contributed by atoms with Crippen LogP contribution in [0.25, 0.3) is 11.3 Å². The number of carbonyl (C=O) groups excluding carboxylic acids is 1. The first-order chi connectivity index (χ1) is 9.97. The predicted octanol–water partition coefficient (Wildman–Crippen LogP) is 2.30. The van der Waals surface area contributed by atoms with Gasteiger partial charge < -0.3 is 15.3 Å². The number of carboxylic acids is 1. The summed E-state index contributed by atoms with van der Waals surface area (Å²) in [5.41, 5.74) is 7.41. The van der Waals surface area contributed by atoms with Crippen LogP contribution in [0.1, 0.15) is 16.1 Å². The van der Waals surface area contributed by atoms with Crippen molar-refractivity contribution < 1.29 is 19.1 Å². The van der Waals surface area contributed by atoms with Crippen LogP contribution < -0.4 is 11.2 Å². The van der Waals surface area contributed by atoms with Gasteiger partial charge in [0.05, 0.1) is 16.8 Å². The molecule has 0 fully saturated rings. The van der Waals surface area contributed by atoms with Gasteiger partial charge in [-0.1, -0.05) is 11.6 Å². The van der Waals surface area contributed by atoms with Crippen molar-refractivity contribution in [1.29, 1.82) is 0 Å². The van der Waals surface area contributed by atoms with E-state index < -0.39 is 12.0 Å². The molecule has 0 aliphatic rings. The van der Waals surface area contributed by atoms with E-state index in [4.69, 9.17) is 26.9 Å². The quantitative estimate of drug-likeness (QED) is 0.593. The summed E-state index contributed by atoms with van der Waals surface area (Å²) in [6.45, 7) is 0. The zero-order valence-electron chi connectivity index (χ0n) is 10.5. The van der Waals surface area contributed by atoms with Gasteiger partial charge in [-0.15, -0.1) is 0 Å². The molecule has 1 aromatic heterocycles. The molecule has 0 bridgehead atoms. The van der Waals surface area contributed by atoms with Crippen molar-refractivity contribution in [2.24, 2.45) is 10.8 Å². The van der Waals surface area contributed by atoms with E-state index in [1.54, 1.807) is 12.1 Å². The van der Waals surface area contributed by atoms with Crippen LogP contribution in [0.5, 0.6) is 0 Å². The molecule has 0 spiro atoms. The lowest BCUT2D eigenvalue weighted by Gasteiger charge is -2.02. The van der Waals surface area contributed by atoms with Crippen molar-refractivity contribution in [3.05, 3.63) is 46.7 Å².